The monoisotopic (exact) mass is 668 g/mol. The molecule has 1 amide bonds. The van der Waals surface area contributed by atoms with Crippen LogP contribution >= 0.6 is 12.6 Å². The predicted octanol–water partition coefficient (Wildman–Crippen LogP) is 7.22. The fourth-order valence-corrected chi connectivity index (χ4v) is 5.12. The average Bonchev–Trinajstić information content (AvgIpc) is 3.35. The van der Waals surface area contributed by atoms with Crippen molar-refractivity contribution in [3.8, 4) is 28.8 Å². The van der Waals surface area contributed by atoms with E-state index in [9.17, 15) is 18.0 Å². The van der Waals surface area contributed by atoms with Crippen LogP contribution in [0.1, 0.15) is 57.8 Å². The topological polar surface area (TPSA) is 122 Å². The van der Waals surface area contributed by atoms with Gasteiger partial charge in [-0.15, -0.1) is 12.6 Å². The number of aromatic nitrogens is 3. The summed E-state index contributed by atoms with van der Waals surface area (Å²) in [6.45, 7) is 8.67. The molecule has 2 aromatic carbocycles. The molecule has 1 aliphatic rings. The number of rotatable bonds is 4. The second-order valence-corrected chi connectivity index (χ2v) is 12.5. The molecule has 4 aromatic rings. The fraction of sp³-hybridized carbons (Fsp3) is 0.382. The first kappa shape index (κ1) is 35.3. The van der Waals surface area contributed by atoms with Crippen molar-refractivity contribution >= 4 is 41.1 Å². The van der Waals surface area contributed by atoms with Crippen LogP contribution in [0.2, 0.25) is 0 Å². The second kappa shape index (κ2) is 14.9. The van der Waals surface area contributed by atoms with Crippen LogP contribution in [0.3, 0.4) is 0 Å². The molecule has 1 atom stereocenters. The number of halogens is 3. The van der Waals surface area contributed by atoms with Gasteiger partial charge in [0.2, 0.25) is 0 Å². The van der Waals surface area contributed by atoms with Crippen LogP contribution in [0, 0.1) is 23.6 Å². The number of nitrogens with zero attached hydrogens (tertiary/aromatic N) is 4. The molecule has 13 heteroatoms. The summed E-state index contributed by atoms with van der Waals surface area (Å²) in [5, 5.41) is 5.48. The van der Waals surface area contributed by atoms with Crippen molar-refractivity contribution in [2.24, 2.45) is 13.0 Å². The Morgan fingerprint density at radius 3 is 2.36 bits per heavy atom. The Labute approximate surface area is 277 Å². The maximum Gasteiger partial charge on any atom is 0.410 e. The van der Waals surface area contributed by atoms with Crippen LogP contribution in [0.5, 0.6) is 5.75 Å². The number of carbonyl (C=O) groups is 1. The van der Waals surface area contributed by atoms with E-state index in [1.165, 1.54) is 12.1 Å². The smallest absolute Gasteiger partial charge is 0.410 e. The van der Waals surface area contributed by atoms with E-state index < -0.39 is 11.4 Å². The first-order valence-corrected chi connectivity index (χ1v) is 15.5. The number of likely N-dealkylation sites (tertiary alicyclic amines) is 1. The average molecular weight is 669 g/mol. The van der Waals surface area contributed by atoms with Crippen LogP contribution in [0.15, 0.2) is 48.7 Å². The van der Waals surface area contributed by atoms with E-state index in [-0.39, 0.29) is 23.9 Å². The van der Waals surface area contributed by atoms with Gasteiger partial charge < -0.3 is 25.8 Å². The Kier molecular flexibility index (Phi) is 11.2. The molecule has 3 heterocycles. The molecule has 47 heavy (non-hydrogen) atoms. The highest BCUT2D eigenvalue weighted by Gasteiger charge is 2.26. The third-order valence-electron chi connectivity index (χ3n) is 7.38. The molecule has 1 aliphatic heterocycles. The van der Waals surface area contributed by atoms with Crippen LogP contribution in [-0.4, -0.2) is 50.2 Å². The lowest BCUT2D eigenvalue weighted by atomic mass is 9.97. The summed E-state index contributed by atoms with van der Waals surface area (Å²) in [6, 6.07) is 11.6. The molecule has 4 N–H and O–H groups in total. The van der Waals surface area contributed by atoms with Crippen LogP contribution in [0.25, 0.3) is 22.2 Å². The SMILES string of the molecule is CC(Oc1cc(-c2nn(C)c3c(C#CC4CCN(C(=O)OC(C)(C)C)CC4)cnc(N)c23)ccc1N)c1ccc(F)cc1.FC(F)S. The number of benzene rings is 2. The third-order valence-corrected chi connectivity index (χ3v) is 7.38. The van der Waals surface area contributed by atoms with Gasteiger partial charge in [-0.2, -0.15) is 13.9 Å². The van der Waals surface area contributed by atoms with Crippen LogP contribution < -0.4 is 16.2 Å². The summed E-state index contributed by atoms with van der Waals surface area (Å²) in [6.07, 6.45) is 2.56. The van der Waals surface area contributed by atoms with Gasteiger partial charge in [-0.1, -0.05) is 30.0 Å². The van der Waals surface area contributed by atoms with Crippen molar-refractivity contribution in [2.75, 3.05) is 24.6 Å². The number of alkyl halides is 2. The number of thiol groups is 1. The Morgan fingerprint density at radius 2 is 1.74 bits per heavy atom. The van der Waals surface area contributed by atoms with Gasteiger partial charge >= 0.3 is 6.09 Å². The minimum atomic E-state index is -2.47. The minimum absolute atomic E-state index is 0.138. The van der Waals surface area contributed by atoms with Gasteiger partial charge in [0.15, 0.2) is 0 Å². The maximum absolute atomic E-state index is 13.4. The first-order valence-electron chi connectivity index (χ1n) is 15.0. The van der Waals surface area contributed by atoms with Gasteiger partial charge in [-0.05, 0) is 70.4 Å². The number of hydrogen-bond donors (Lipinski definition) is 3. The van der Waals surface area contributed by atoms with E-state index in [1.807, 2.05) is 46.9 Å². The number of ether oxygens (including phenoxy) is 2. The van der Waals surface area contributed by atoms with Gasteiger partial charge in [0.05, 0.1) is 22.2 Å². The van der Waals surface area contributed by atoms with Crippen molar-refractivity contribution in [1.82, 2.24) is 19.7 Å². The summed E-state index contributed by atoms with van der Waals surface area (Å²) in [7, 11) is 1.85. The Hall–Kier alpha value is -4.57. The molecule has 0 bridgehead atoms. The van der Waals surface area contributed by atoms with Crippen LogP contribution in [-0.2, 0) is 11.8 Å². The molecule has 5 rings (SSSR count). The number of nitrogens with two attached hydrogens (primary N) is 2. The normalized spacial score (nSPS) is 14.2. The molecule has 250 valence electrons. The Bertz CT molecular complexity index is 1770. The van der Waals surface area contributed by atoms with E-state index in [1.54, 1.807) is 34.0 Å². The standard InChI is InChI=1S/C33H37FN6O3.CH2F2S/c1-20(22-8-11-25(34)12-9-22)42-27-18-23(10-13-26(27)35)29-28-30(39(5)38-29)24(19-37-31(28)36)7-6-21-14-16-40(17-15-21)32(41)43-33(2,3)4;2-1(3)4/h8-13,18-21H,14-17,35H2,1-5H3,(H2,36,37);1,4H. The quantitative estimate of drug-likeness (QED) is 0.119. The molecular weight excluding hydrogens is 629 g/mol. The fourth-order valence-electron chi connectivity index (χ4n) is 5.12. The van der Waals surface area contributed by atoms with Crippen molar-refractivity contribution in [1.29, 1.82) is 0 Å². The van der Waals surface area contributed by atoms with Crippen molar-refractivity contribution in [3.63, 3.8) is 0 Å². The first-order chi connectivity index (χ1) is 22.1. The minimum Gasteiger partial charge on any atom is -0.484 e. The molecule has 0 radical (unpaired) electrons. The zero-order valence-corrected chi connectivity index (χ0v) is 27.8. The lowest BCUT2D eigenvalue weighted by Crippen LogP contribution is -2.41. The van der Waals surface area contributed by atoms with Gasteiger partial charge in [0, 0.05) is 37.8 Å². The van der Waals surface area contributed by atoms with E-state index in [4.69, 9.17) is 26.0 Å². The molecule has 0 aliphatic carbocycles. The summed E-state index contributed by atoms with van der Waals surface area (Å²) in [4.78, 5) is 18.6. The molecule has 1 fully saturated rings. The third kappa shape index (κ3) is 9.25. The number of aryl methyl sites for hydroxylation is 1. The summed E-state index contributed by atoms with van der Waals surface area (Å²) >= 11 is 2.63. The summed E-state index contributed by atoms with van der Waals surface area (Å²) < 4.78 is 47.2. The number of amides is 1. The van der Waals surface area contributed by atoms with E-state index >= 15 is 0 Å². The molecule has 0 saturated carbocycles. The number of piperidine rings is 1. The van der Waals surface area contributed by atoms with Crippen molar-refractivity contribution < 1.29 is 27.4 Å². The highest BCUT2D eigenvalue weighted by atomic mass is 32.1. The molecule has 9 nitrogen and oxygen atoms in total. The largest absolute Gasteiger partial charge is 0.484 e. The van der Waals surface area contributed by atoms with Crippen molar-refractivity contribution in [3.05, 3.63) is 65.6 Å². The lowest BCUT2D eigenvalue weighted by molar-refractivity contribution is 0.0199. The molecule has 2 aromatic heterocycles. The molecule has 1 unspecified atom stereocenters. The van der Waals surface area contributed by atoms with Crippen molar-refractivity contribution in [2.45, 2.75) is 58.0 Å². The zero-order valence-electron chi connectivity index (χ0n) is 26.9. The zero-order chi connectivity index (χ0) is 34.5. The highest BCUT2D eigenvalue weighted by molar-refractivity contribution is 7.80. The molecule has 0 spiro atoms. The Morgan fingerprint density at radius 1 is 1.11 bits per heavy atom. The number of anilines is 2. The van der Waals surface area contributed by atoms with E-state index in [0.29, 0.717) is 41.4 Å². The lowest BCUT2D eigenvalue weighted by Gasteiger charge is -2.31. The van der Waals surface area contributed by atoms with Crippen LogP contribution in [0.4, 0.5) is 29.5 Å². The van der Waals surface area contributed by atoms with Gasteiger partial charge in [0.1, 0.15) is 34.8 Å². The van der Waals surface area contributed by atoms with E-state index in [2.05, 4.69) is 29.5 Å². The predicted molar refractivity (Wildman–Crippen MR) is 181 cm³/mol. The number of pyridine rings is 1. The number of nitrogen functional groups attached to an aromatic ring is 2. The van der Waals surface area contributed by atoms with Gasteiger partial charge in [-0.3, -0.25) is 4.68 Å². The number of carbonyl (C=O) groups excluding carboxylic acids is 1. The highest BCUT2D eigenvalue weighted by Crippen LogP contribution is 2.37. The second-order valence-electron chi connectivity index (χ2n) is 12.1. The van der Waals surface area contributed by atoms with E-state index in [0.717, 1.165) is 35.0 Å². The van der Waals surface area contributed by atoms with Gasteiger partial charge in [-0.25, -0.2) is 14.2 Å². The maximum atomic E-state index is 13.4. The molecular formula is C34H39F3N6O3S. The summed E-state index contributed by atoms with van der Waals surface area (Å²) in [5.41, 5.74) is 16.3. The summed E-state index contributed by atoms with van der Waals surface area (Å²) in [5.74, 6) is 4.87. The van der Waals surface area contributed by atoms with Gasteiger partial charge in [0.25, 0.3) is 5.76 Å². The Balaban J connectivity index is 0.00000118. The number of fused-ring (bicyclic) bond motifs is 1. The molecule has 1 saturated heterocycles. The number of hydrogen-bond acceptors (Lipinski definition) is 8.